The summed E-state index contributed by atoms with van der Waals surface area (Å²) in [6.07, 6.45) is 6.04. The maximum atomic E-state index is 4.42. The summed E-state index contributed by atoms with van der Waals surface area (Å²) in [6, 6.07) is 0. The van der Waals surface area contributed by atoms with Crippen molar-refractivity contribution in [1.29, 1.82) is 0 Å². The number of anilines is 1. The van der Waals surface area contributed by atoms with Crippen LogP contribution in [0.2, 0.25) is 0 Å². The first-order valence-electron chi connectivity index (χ1n) is 5.05. The number of aromatic nitrogens is 2. The van der Waals surface area contributed by atoms with E-state index in [1.807, 2.05) is 6.20 Å². The number of nitrogens with one attached hydrogen (secondary N) is 1. The molecule has 1 heterocycles. The zero-order valence-electron chi connectivity index (χ0n) is 8.79. The number of nitrogens with zero attached hydrogens (tertiary/aromatic N) is 2. The van der Waals surface area contributed by atoms with Crippen molar-refractivity contribution in [3.05, 3.63) is 12.4 Å². The minimum absolute atomic E-state index is 0.869. The van der Waals surface area contributed by atoms with Gasteiger partial charge in [-0.2, -0.15) is 0 Å². The van der Waals surface area contributed by atoms with E-state index in [9.17, 15) is 0 Å². The predicted octanol–water partition coefficient (Wildman–Crippen LogP) is 2.80. The Kier molecular flexibility index (Phi) is 5.37. The van der Waals surface area contributed by atoms with Gasteiger partial charge in [-0.05, 0) is 19.1 Å². The van der Waals surface area contributed by atoms with Gasteiger partial charge in [-0.15, -0.1) is 11.8 Å². The van der Waals surface area contributed by atoms with Crippen molar-refractivity contribution in [3.8, 4) is 0 Å². The summed E-state index contributed by atoms with van der Waals surface area (Å²) in [7, 11) is 0. The smallest absolute Gasteiger partial charge is 0.145 e. The van der Waals surface area contributed by atoms with Crippen LogP contribution in [0.1, 0.15) is 26.7 Å². The molecule has 0 aliphatic heterocycles. The normalized spacial score (nSPS) is 10.1. The quantitative estimate of drug-likeness (QED) is 0.580. The van der Waals surface area contributed by atoms with Gasteiger partial charge in [-0.3, -0.25) is 4.98 Å². The van der Waals surface area contributed by atoms with Crippen molar-refractivity contribution in [1.82, 2.24) is 9.97 Å². The van der Waals surface area contributed by atoms with Crippen molar-refractivity contribution in [2.24, 2.45) is 0 Å². The molecule has 0 bridgehead atoms. The molecule has 0 amide bonds. The molecule has 0 fully saturated rings. The van der Waals surface area contributed by atoms with Crippen LogP contribution in [0.3, 0.4) is 0 Å². The van der Waals surface area contributed by atoms with Gasteiger partial charge < -0.3 is 5.32 Å². The number of hydrogen-bond donors (Lipinski definition) is 1. The Balaban J connectivity index is 2.46. The van der Waals surface area contributed by atoms with Gasteiger partial charge in [0.25, 0.3) is 0 Å². The number of rotatable bonds is 6. The summed E-state index contributed by atoms with van der Waals surface area (Å²) in [6.45, 7) is 5.14. The van der Waals surface area contributed by atoms with Crippen LogP contribution in [-0.4, -0.2) is 22.3 Å². The van der Waals surface area contributed by atoms with Crippen LogP contribution in [0.15, 0.2) is 17.4 Å². The summed E-state index contributed by atoms with van der Waals surface area (Å²) in [5.41, 5.74) is 0. The van der Waals surface area contributed by atoms with Crippen molar-refractivity contribution < 1.29 is 0 Å². The van der Waals surface area contributed by atoms with Crippen LogP contribution in [0, 0.1) is 0 Å². The highest BCUT2D eigenvalue weighted by Crippen LogP contribution is 2.17. The summed E-state index contributed by atoms with van der Waals surface area (Å²) in [4.78, 5) is 8.56. The number of unbranched alkanes of at least 4 members (excludes halogenated alkanes) is 1. The molecule has 78 valence electrons. The van der Waals surface area contributed by atoms with E-state index >= 15 is 0 Å². The molecule has 1 aromatic rings. The van der Waals surface area contributed by atoms with E-state index in [-0.39, 0.29) is 0 Å². The van der Waals surface area contributed by atoms with Crippen LogP contribution in [-0.2, 0) is 0 Å². The van der Waals surface area contributed by atoms with Gasteiger partial charge in [0, 0.05) is 6.54 Å². The zero-order valence-corrected chi connectivity index (χ0v) is 9.60. The molecule has 0 spiro atoms. The van der Waals surface area contributed by atoms with Crippen molar-refractivity contribution in [3.63, 3.8) is 0 Å². The highest BCUT2D eigenvalue weighted by Gasteiger charge is 1.97. The van der Waals surface area contributed by atoms with Crippen LogP contribution >= 0.6 is 11.8 Å². The molecule has 1 aromatic heterocycles. The molecule has 0 saturated heterocycles. The second-order valence-electron chi connectivity index (χ2n) is 2.97. The Labute approximate surface area is 89.7 Å². The van der Waals surface area contributed by atoms with Crippen molar-refractivity contribution >= 4 is 17.6 Å². The van der Waals surface area contributed by atoms with E-state index in [4.69, 9.17) is 0 Å². The molecule has 0 aliphatic rings. The summed E-state index contributed by atoms with van der Waals surface area (Å²) in [5.74, 6) is 2.00. The third kappa shape index (κ3) is 3.96. The van der Waals surface area contributed by atoms with Gasteiger partial charge in [0.2, 0.25) is 0 Å². The summed E-state index contributed by atoms with van der Waals surface area (Å²) >= 11 is 1.77. The molecule has 0 unspecified atom stereocenters. The van der Waals surface area contributed by atoms with Crippen LogP contribution in [0.5, 0.6) is 0 Å². The average Bonchev–Trinajstić information content (AvgIpc) is 2.19. The van der Waals surface area contributed by atoms with Gasteiger partial charge >= 0.3 is 0 Å². The first kappa shape index (κ1) is 11.3. The highest BCUT2D eigenvalue weighted by molar-refractivity contribution is 7.99. The third-order valence-electron chi connectivity index (χ3n) is 1.72. The maximum Gasteiger partial charge on any atom is 0.145 e. The van der Waals surface area contributed by atoms with Gasteiger partial charge in [-0.1, -0.05) is 13.3 Å². The Bertz CT molecular complexity index is 265. The molecule has 0 aromatic carbocycles. The number of thioether (sulfide) groups is 1. The minimum Gasteiger partial charge on any atom is -0.369 e. The Morgan fingerprint density at radius 3 is 2.93 bits per heavy atom. The van der Waals surface area contributed by atoms with Gasteiger partial charge in [0.15, 0.2) is 0 Å². The van der Waals surface area contributed by atoms with Crippen LogP contribution in [0.25, 0.3) is 0 Å². The predicted molar refractivity (Wildman–Crippen MR) is 61.8 cm³/mol. The lowest BCUT2D eigenvalue weighted by atomic mass is 10.4. The van der Waals surface area contributed by atoms with Gasteiger partial charge in [0.1, 0.15) is 10.8 Å². The SMILES string of the molecule is CCCCSc1cncc(NCC)n1. The van der Waals surface area contributed by atoms with E-state index in [1.165, 1.54) is 12.8 Å². The maximum absolute atomic E-state index is 4.42. The molecule has 14 heavy (non-hydrogen) atoms. The molecule has 1 N–H and O–H groups in total. The largest absolute Gasteiger partial charge is 0.369 e. The summed E-state index contributed by atoms with van der Waals surface area (Å²) in [5, 5.41) is 4.16. The fraction of sp³-hybridized carbons (Fsp3) is 0.600. The topological polar surface area (TPSA) is 37.8 Å². The molecular weight excluding hydrogens is 194 g/mol. The fourth-order valence-corrected chi connectivity index (χ4v) is 1.95. The lowest BCUT2D eigenvalue weighted by molar-refractivity contribution is 0.893. The second kappa shape index (κ2) is 6.65. The van der Waals surface area contributed by atoms with E-state index in [0.29, 0.717) is 0 Å². The van der Waals surface area contributed by atoms with Gasteiger partial charge in [0.05, 0.1) is 12.4 Å². The van der Waals surface area contributed by atoms with E-state index in [0.717, 1.165) is 23.1 Å². The van der Waals surface area contributed by atoms with Gasteiger partial charge in [-0.25, -0.2) is 4.98 Å². The highest BCUT2D eigenvalue weighted by atomic mass is 32.2. The standard InChI is InChI=1S/C10H17N3S/c1-3-5-6-14-10-8-11-7-9(13-10)12-4-2/h7-8H,3-6H2,1-2H3,(H,12,13). The Hall–Kier alpha value is -0.770. The zero-order chi connectivity index (χ0) is 10.2. The van der Waals surface area contributed by atoms with Crippen molar-refractivity contribution in [2.75, 3.05) is 17.6 Å². The van der Waals surface area contributed by atoms with E-state index in [2.05, 4.69) is 29.1 Å². The van der Waals surface area contributed by atoms with E-state index < -0.39 is 0 Å². The second-order valence-corrected chi connectivity index (χ2v) is 4.09. The molecule has 0 saturated carbocycles. The Morgan fingerprint density at radius 2 is 2.21 bits per heavy atom. The molecular formula is C10H17N3S. The lowest BCUT2D eigenvalue weighted by Crippen LogP contribution is -2.00. The molecule has 1 rings (SSSR count). The monoisotopic (exact) mass is 211 g/mol. The molecule has 4 heteroatoms. The first-order chi connectivity index (χ1) is 6.86. The lowest BCUT2D eigenvalue weighted by Gasteiger charge is -2.03. The van der Waals surface area contributed by atoms with Crippen LogP contribution < -0.4 is 5.32 Å². The molecule has 0 radical (unpaired) electrons. The summed E-state index contributed by atoms with van der Waals surface area (Å²) < 4.78 is 0. The minimum atomic E-state index is 0.869. The molecule has 0 atom stereocenters. The first-order valence-corrected chi connectivity index (χ1v) is 6.04. The fourth-order valence-electron chi connectivity index (χ4n) is 1.00. The van der Waals surface area contributed by atoms with Crippen molar-refractivity contribution in [2.45, 2.75) is 31.7 Å². The van der Waals surface area contributed by atoms with Crippen LogP contribution in [0.4, 0.5) is 5.82 Å². The Morgan fingerprint density at radius 1 is 1.36 bits per heavy atom. The molecule has 0 aliphatic carbocycles. The average molecular weight is 211 g/mol. The molecule has 3 nitrogen and oxygen atoms in total. The van der Waals surface area contributed by atoms with E-state index in [1.54, 1.807) is 18.0 Å². The third-order valence-corrected chi connectivity index (χ3v) is 2.70. The number of hydrogen-bond acceptors (Lipinski definition) is 4.